The zero-order valence-corrected chi connectivity index (χ0v) is 9.08. The molecule has 1 aliphatic heterocycles. The predicted octanol–water partition coefficient (Wildman–Crippen LogP) is 1.15. The lowest BCUT2D eigenvalue weighted by Gasteiger charge is -2.36. The van der Waals surface area contributed by atoms with Crippen molar-refractivity contribution in [3.8, 4) is 0 Å². The van der Waals surface area contributed by atoms with E-state index in [1.807, 2.05) is 0 Å². The summed E-state index contributed by atoms with van der Waals surface area (Å²) < 4.78 is 36.6. The van der Waals surface area contributed by atoms with Gasteiger partial charge in [0.15, 0.2) is 6.10 Å². The Kier molecular flexibility index (Phi) is 5.01. The van der Waals surface area contributed by atoms with Crippen LogP contribution in [0.1, 0.15) is 25.7 Å². The van der Waals surface area contributed by atoms with Crippen LogP contribution in [0.4, 0.5) is 13.2 Å². The topological polar surface area (TPSA) is 43.7 Å². The Hall–Kier alpha value is -0.330. The molecule has 2 atom stereocenters. The third-order valence-corrected chi connectivity index (χ3v) is 3.00. The normalized spacial score (nSPS) is 25.7. The van der Waals surface area contributed by atoms with Crippen molar-refractivity contribution >= 4 is 0 Å². The first-order valence-corrected chi connectivity index (χ1v) is 5.55. The number of halogens is 3. The molecule has 0 aromatic rings. The molecule has 6 heteroatoms. The summed E-state index contributed by atoms with van der Waals surface area (Å²) in [5.41, 5.74) is 0. The van der Waals surface area contributed by atoms with Crippen LogP contribution in [-0.4, -0.2) is 53.1 Å². The second-order valence-corrected chi connectivity index (χ2v) is 4.21. The number of aliphatic hydroxyl groups is 2. The van der Waals surface area contributed by atoms with Crippen molar-refractivity contribution in [3.63, 3.8) is 0 Å². The van der Waals surface area contributed by atoms with Crippen molar-refractivity contribution in [1.82, 2.24) is 4.90 Å². The number of likely N-dealkylation sites (tertiary alicyclic amines) is 1. The number of rotatable bonds is 4. The molecule has 0 radical (unpaired) electrons. The molecule has 0 amide bonds. The fraction of sp³-hybridized carbons (Fsp3) is 1.00. The molecule has 0 spiro atoms. The van der Waals surface area contributed by atoms with Crippen LogP contribution in [0, 0.1) is 0 Å². The molecule has 1 rings (SSSR count). The van der Waals surface area contributed by atoms with E-state index in [-0.39, 0.29) is 19.2 Å². The number of alkyl halides is 3. The summed E-state index contributed by atoms with van der Waals surface area (Å²) in [5, 5.41) is 17.8. The molecular formula is C10H18F3NO2. The molecule has 1 fully saturated rings. The van der Waals surface area contributed by atoms with Crippen LogP contribution in [0.2, 0.25) is 0 Å². The Morgan fingerprint density at radius 3 is 2.56 bits per heavy atom. The first-order chi connectivity index (χ1) is 7.45. The van der Waals surface area contributed by atoms with Gasteiger partial charge in [-0.1, -0.05) is 6.42 Å². The number of hydrogen-bond acceptors (Lipinski definition) is 3. The Morgan fingerprint density at radius 2 is 2.00 bits per heavy atom. The average Bonchev–Trinajstić information content (AvgIpc) is 2.20. The zero-order valence-electron chi connectivity index (χ0n) is 9.08. The molecule has 0 aromatic carbocycles. The molecule has 0 bridgehead atoms. The van der Waals surface area contributed by atoms with Gasteiger partial charge in [-0.15, -0.1) is 0 Å². The van der Waals surface area contributed by atoms with Gasteiger partial charge in [-0.2, -0.15) is 13.2 Å². The van der Waals surface area contributed by atoms with Crippen molar-refractivity contribution in [2.45, 2.75) is 44.0 Å². The number of hydrogen-bond donors (Lipinski definition) is 2. The minimum absolute atomic E-state index is 0.0245. The quantitative estimate of drug-likeness (QED) is 0.776. The van der Waals surface area contributed by atoms with E-state index in [9.17, 15) is 13.2 Å². The highest BCUT2D eigenvalue weighted by Gasteiger charge is 2.40. The lowest BCUT2D eigenvalue weighted by atomic mass is 9.99. The van der Waals surface area contributed by atoms with Crippen molar-refractivity contribution in [2.24, 2.45) is 0 Å². The summed E-state index contributed by atoms with van der Waals surface area (Å²) in [6.07, 6.45) is -3.74. The minimum atomic E-state index is -4.55. The van der Waals surface area contributed by atoms with Gasteiger partial charge in [-0.3, -0.25) is 4.90 Å². The highest BCUT2D eigenvalue weighted by atomic mass is 19.4. The molecule has 96 valence electrons. The van der Waals surface area contributed by atoms with Crippen LogP contribution >= 0.6 is 0 Å². The molecule has 0 saturated carbocycles. The maximum absolute atomic E-state index is 12.2. The average molecular weight is 241 g/mol. The van der Waals surface area contributed by atoms with Gasteiger partial charge >= 0.3 is 6.18 Å². The fourth-order valence-electron chi connectivity index (χ4n) is 2.10. The fourth-order valence-corrected chi connectivity index (χ4v) is 2.10. The Balaban J connectivity index is 2.49. The van der Waals surface area contributed by atoms with Crippen molar-refractivity contribution in [2.75, 3.05) is 19.7 Å². The third kappa shape index (κ3) is 3.92. The van der Waals surface area contributed by atoms with Crippen molar-refractivity contribution in [3.05, 3.63) is 0 Å². The van der Waals surface area contributed by atoms with Crippen LogP contribution in [-0.2, 0) is 0 Å². The summed E-state index contributed by atoms with van der Waals surface area (Å²) in [7, 11) is 0. The Bertz CT molecular complexity index is 209. The second-order valence-electron chi connectivity index (χ2n) is 4.21. The lowest BCUT2D eigenvalue weighted by Crippen LogP contribution is -2.47. The molecule has 3 nitrogen and oxygen atoms in total. The first-order valence-electron chi connectivity index (χ1n) is 5.55. The Morgan fingerprint density at radius 1 is 1.31 bits per heavy atom. The summed E-state index contributed by atoms with van der Waals surface area (Å²) in [6.45, 7) is 0.162. The maximum atomic E-state index is 12.2. The van der Waals surface area contributed by atoms with E-state index in [0.29, 0.717) is 13.0 Å². The maximum Gasteiger partial charge on any atom is 0.415 e. The van der Waals surface area contributed by atoms with Gasteiger partial charge in [-0.25, -0.2) is 0 Å². The van der Waals surface area contributed by atoms with Crippen LogP contribution in [0.5, 0.6) is 0 Å². The number of piperidine rings is 1. The molecule has 2 unspecified atom stereocenters. The molecule has 1 heterocycles. The summed E-state index contributed by atoms with van der Waals surface area (Å²) in [4.78, 5) is 1.64. The number of nitrogens with zero attached hydrogens (tertiary/aromatic N) is 1. The van der Waals surface area contributed by atoms with Crippen LogP contribution < -0.4 is 0 Å². The summed E-state index contributed by atoms with van der Waals surface area (Å²) in [5.74, 6) is 0. The highest BCUT2D eigenvalue weighted by Crippen LogP contribution is 2.25. The van der Waals surface area contributed by atoms with Gasteiger partial charge in [0.25, 0.3) is 0 Å². The summed E-state index contributed by atoms with van der Waals surface area (Å²) in [6, 6.07) is -0.0317. The van der Waals surface area contributed by atoms with Crippen molar-refractivity contribution in [1.29, 1.82) is 0 Å². The van der Waals surface area contributed by atoms with Gasteiger partial charge in [-0.05, 0) is 25.8 Å². The third-order valence-electron chi connectivity index (χ3n) is 3.00. The zero-order chi connectivity index (χ0) is 12.2. The van der Waals surface area contributed by atoms with Crippen LogP contribution in [0.25, 0.3) is 0 Å². The molecule has 0 aromatic heterocycles. The van der Waals surface area contributed by atoms with Gasteiger partial charge < -0.3 is 10.2 Å². The standard InChI is InChI=1S/C10H18F3NO2/c11-10(12,13)9(16)7-14-5-2-1-3-8(14)4-6-15/h8-9,15-16H,1-7H2. The van der Waals surface area contributed by atoms with Crippen LogP contribution in [0.3, 0.4) is 0 Å². The van der Waals surface area contributed by atoms with E-state index in [1.54, 1.807) is 4.90 Å². The second kappa shape index (κ2) is 5.84. The Labute approximate surface area is 92.9 Å². The SMILES string of the molecule is OCCC1CCCCN1CC(O)C(F)(F)F. The largest absolute Gasteiger partial charge is 0.415 e. The van der Waals surface area contributed by atoms with Gasteiger partial charge in [0.05, 0.1) is 0 Å². The molecule has 0 aliphatic carbocycles. The number of β-amino-alcohol motifs (C(OH)–C–C–N with tert-alkyl or cyclic N) is 1. The number of aliphatic hydroxyl groups excluding tert-OH is 2. The molecule has 16 heavy (non-hydrogen) atoms. The van der Waals surface area contributed by atoms with E-state index >= 15 is 0 Å². The van der Waals surface area contributed by atoms with Crippen molar-refractivity contribution < 1.29 is 23.4 Å². The summed E-state index contributed by atoms with van der Waals surface area (Å²) >= 11 is 0. The van der Waals surface area contributed by atoms with E-state index in [4.69, 9.17) is 10.2 Å². The van der Waals surface area contributed by atoms with E-state index < -0.39 is 12.3 Å². The smallest absolute Gasteiger partial charge is 0.396 e. The first kappa shape index (κ1) is 13.7. The van der Waals surface area contributed by atoms with E-state index in [0.717, 1.165) is 19.3 Å². The molecule has 1 saturated heterocycles. The van der Waals surface area contributed by atoms with E-state index in [2.05, 4.69) is 0 Å². The van der Waals surface area contributed by atoms with Gasteiger partial charge in [0.2, 0.25) is 0 Å². The predicted molar refractivity (Wildman–Crippen MR) is 53.0 cm³/mol. The molecule has 2 N–H and O–H groups in total. The monoisotopic (exact) mass is 241 g/mol. The molecular weight excluding hydrogens is 223 g/mol. The van der Waals surface area contributed by atoms with Gasteiger partial charge in [0.1, 0.15) is 0 Å². The van der Waals surface area contributed by atoms with Gasteiger partial charge in [0, 0.05) is 19.2 Å². The highest BCUT2D eigenvalue weighted by molar-refractivity contribution is 4.80. The van der Waals surface area contributed by atoms with E-state index in [1.165, 1.54) is 0 Å². The lowest BCUT2D eigenvalue weighted by molar-refractivity contribution is -0.210. The minimum Gasteiger partial charge on any atom is -0.396 e. The molecule has 1 aliphatic rings. The van der Waals surface area contributed by atoms with Crippen LogP contribution in [0.15, 0.2) is 0 Å².